The third kappa shape index (κ3) is 5.89. The average Bonchev–Trinajstić information content (AvgIpc) is 3.82. The van der Waals surface area contributed by atoms with E-state index < -0.39 is 29.6 Å². The van der Waals surface area contributed by atoms with Crippen molar-refractivity contribution in [2.75, 3.05) is 7.11 Å². The molecule has 13 nitrogen and oxygen atoms in total. The number of fused-ring (bicyclic) bond motifs is 8. The van der Waals surface area contributed by atoms with Crippen LogP contribution in [0.4, 0.5) is 0 Å². The van der Waals surface area contributed by atoms with Gasteiger partial charge in [-0.1, -0.05) is 13.8 Å². The second-order valence-corrected chi connectivity index (χ2v) is 14.1. The van der Waals surface area contributed by atoms with Crippen molar-refractivity contribution in [1.29, 1.82) is 0 Å². The van der Waals surface area contributed by atoms with E-state index in [1.165, 1.54) is 14.0 Å². The lowest BCUT2D eigenvalue weighted by atomic mass is 9.85. The number of pyridine rings is 1. The summed E-state index contributed by atoms with van der Waals surface area (Å²) in [6.45, 7) is 11.2. The molecule has 0 unspecified atom stereocenters. The minimum absolute atomic E-state index is 0.0543. The number of aromatic nitrogens is 5. The van der Waals surface area contributed by atoms with Crippen molar-refractivity contribution in [2.45, 2.75) is 72.6 Å². The lowest BCUT2D eigenvalue weighted by Crippen LogP contribution is -2.52. The number of hydrazine groups is 1. The number of aryl methyl sites for hydroxylation is 3. The van der Waals surface area contributed by atoms with E-state index in [0.717, 1.165) is 21.7 Å². The Morgan fingerprint density at radius 2 is 1.59 bits per heavy atom. The molecule has 0 fully saturated rings. The number of ketones is 1. The summed E-state index contributed by atoms with van der Waals surface area (Å²) in [7, 11) is 3.13. The molecule has 4 aromatic rings. The number of allylic oxidation sites excluding steroid dienone is 2. The first-order chi connectivity index (χ1) is 25.7. The number of aromatic amines is 2. The number of amides is 3. The van der Waals surface area contributed by atoms with Gasteiger partial charge in [0.05, 0.1) is 51.9 Å². The molecule has 7 heterocycles. The predicted molar refractivity (Wildman–Crippen MR) is 201 cm³/mol. The maximum Gasteiger partial charge on any atom is 0.305 e. The third-order valence-corrected chi connectivity index (χ3v) is 10.9. The third-order valence-electron chi connectivity index (χ3n) is 10.9. The lowest BCUT2D eigenvalue weighted by molar-refractivity contribution is -0.671. The van der Waals surface area contributed by atoms with E-state index in [4.69, 9.17) is 14.7 Å². The number of nitrogens with one attached hydrogen (secondary N) is 3. The van der Waals surface area contributed by atoms with Crippen LogP contribution in [-0.2, 0) is 16.6 Å². The van der Waals surface area contributed by atoms with Crippen LogP contribution in [0.2, 0.25) is 0 Å². The van der Waals surface area contributed by atoms with Gasteiger partial charge in [0, 0.05) is 52.7 Å². The zero-order chi connectivity index (χ0) is 38.7. The summed E-state index contributed by atoms with van der Waals surface area (Å²) in [5.74, 6) is -3.40. The Bertz CT molecular complexity index is 2520. The van der Waals surface area contributed by atoms with Gasteiger partial charge in [-0.3, -0.25) is 34.4 Å². The number of hydrogen-bond acceptors (Lipinski definition) is 8. The number of H-pyrrole nitrogens is 2. The van der Waals surface area contributed by atoms with Gasteiger partial charge < -0.3 is 14.7 Å². The van der Waals surface area contributed by atoms with Gasteiger partial charge in [0.2, 0.25) is 0 Å². The molecule has 0 saturated carbocycles. The summed E-state index contributed by atoms with van der Waals surface area (Å²) in [6.07, 6.45) is 4.39. The lowest BCUT2D eigenvalue weighted by Gasteiger charge is -2.27. The van der Waals surface area contributed by atoms with Crippen LogP contribution in [-0.4, -0.2) is 61.5 Å². The highest BCUT2D eigenvalue weighted by Crippen LogP contribution is 2.44. The van der Waals surface area contributed by atoms with Crippen molar-refractivity contribution in [3.05, 3.63) is 98.9 Å². The first-order valence-corrected chi connectivity index (χ1v) is 17.9. The van der Waals surface area contributed by atoms with E-state index in [1.54, 1.807) is 36.0 Å². The highest BCUT2D eigenvalue weighted by Gasteiger charge is 2.42. The monoisotopic (exact) mass is 728 g/mol. The summed E-state index contributed by atoms with van der Waals surface area (Å²) < 4.78 is 6.74. The van der Waals surface area contributed by atoms with Crippen LogP contribution < -0.4 is 9.99 Å². The number of hydrogen-bond donors (Lipinski definition) is 3. The maximum absolute atomic E-state index is 14.8. The molecule has 3 N–H and O–H groups in total. The molecular formula is C41H42N7O6+. The number of ether oxygens (including phenoxy) is 1. The van der Waals surface area contributed by atoms with Crippen LogP contribution in [0.25, 0.3) is 33.2 Å². The normalized spacial score (nSPS) is 16.6. The van der Waals surface area contributed by atoms with Crippen LogP contribution >= 0.6 is 0 Å². The van der Waals surface area contributed by atoms with Gasteiger partial charge in [-0.2, -0.15) is 5.01 Å². The molecule has 0 spiro atoms. The number of rotatable bonds is 7. The van der Waals surface area contributed by atoms with Crippen molar-refractivity contribution >= 4 is 62.7 Å². The molecule has 54 heavy (non-hydrogen) atoms. The van der Waals surface area contributed by atoms with Crippen molar-refractivity contribution in [3.63, 3.8) is 0 Å². The maximum atomic E-state index is 14.8. The second kappa shape index (κ2) is 13.6. The Labute approximate surface area is 311 Å². The van der Waals surface area contributed by atoms with E-state index in [1.807, 2.05) is 52.9 Å². The molecule has 0 saturated heterocycles. The molecule has 2 atom stereocenters. The minimum Gasteiger partial charge on any atom is -0.469 e. The highest BCUT2D eigenvalue weighted by atomic mass is 16.5. The zero-order valence-electron chi connectivity index (χ0n) is 31.6. The fourth-order valence-corrected chi connectivity index (χ4v) is 7.83. The first-order valence-electron chi connectivity index (χ1n) is 17.9. The molecule has 8 bridgehead atoms. The summed E-state index contributed by atoms with van der Waals surface area (Å²) >= 11 is 0. The summed E-state index contributed by atoms with van der Waals surface area (Å²) in [6, 6.07) is 8.80. The Morgan fingerprint density at radius 3 is 2.26 bits per heavy atom. The molecule has 0 aromatic carbocycles. The molecular weight excluding hydrogens is 686 g/mol. The molecule has 3 aliphatic rings. The number of Topliss-reactive ketones (excluding diaryl/α,β-unsaturated/α-hetero) is 1. The van der Waals surface area contributed by atoms with Crippen LogP contribution in [0, 0.1) is 13.8 Å². The van der Waals surface area contributed by atoms with E-state index in [0.29, 0.717) is 56.9 Å². The van der Waals surface area contributed by atoms with Gasteiger partial charge in [-0.25, -0.2) is 9.55 Å². The van der Waals surface area contributed by atoms with Crippen LogP contribution in [0.1, 0.15) is 134 Å². The molecule has 0 aliphatic carbocycles. The Morgan fingerprint density at radius 1 is 0.926 bits per heavy atom. The highest BCUT2D eigenvalue weighted by molar-refractivity contribution is 6.24. The number of carbonyl (C=O) groups is 5. The molecule has 0 radical (unpaired) electrons. The molecule has 276 valence electrons. The van der Waals surface area contributed by atoms with Gasteiger partial charge in [0.15, 0.2) is 18.2 Å². The summed E-state index contributed by atoms with van der Waals surface area (Å²) in [5.41, 5.74) is 11.4. The van der Waals surface area contributed by atoms with Crippen LogP contribution in [0.3, 0.4) is 0 Å². The van der Waals surface area contributed by atoms with E-state index in [-0.39, 0.29) is 46.7 Å². The molecule has 3 aliphatic heterocycles. The number of methoxy groups -OCH3 is 1. The van der Waals surface area contributed by atoms with Crippen molar-refractivity contribution in [1.82, 2.24) is 30.4 Å². The van der Waals surface area contributed by atoms with Crippen LogP contribution in [0.5, 0.6) is 0 Å². The molecule has 3 amide bonds. The second-order valence-electron chi connectivity index (χ2n) is 14.1. The number of nitrogens with zero attached hydrogens (tertiary/aromatic N) is 4. The van der Waals surface area contributed by atoms with E-state index >= 15 is 0 Å². The Hall–Kier alpha value is -6.24. The smallest absolute Gasteiger partial charge is 0.305 e. The zero-order valence-corrected chi connectivity index (χ0v) is 31.6. The van der Waals surface area contributed by atoms with Gasteiger partial charge in [-0.15, -0.1) is 0 Å². The largest absolute Gasteiger partial charge is 0.469 e. The first kappa shape index (κ1) is 36.1. The van der Waals surface area contributed by atoms with E-state index in [2.05, 4.69) is 15.4 Å². The van der Waals surface area contributed by atoms with Crippen LogP contribution in [0.15, 0.2) is 42.7 Å². The fourth-order valence-electron chi connectivity index (χ4n) is 7.83. The molecule has 13 heteroatoms. The van der Waals surface area contributed by atoms with Crippen molar-refractivity contribution < 1.29 is 33.3 Å². The standard InChI is InChI=1S/C41H41N7O6/c1-9-25-19(2)27-18-32-34(23(6)49)21(4)29(43-32)16-28-20(3)26(10-11-33(50)54-8)37(44-28)36-38-35(22(5)30(45-38)17-31(25)42-27)40(52)48(41(36)53)46-39(51)24-12-14-47(7)15-13-24/h12-18,20,26,46,51H,9-11H2,1-8H3/p+1/t20-,26-/m0/s1. The SMILES string of the molecule is CCC1=C(C)c2cc3[nH]c(cc4nc(c5c6[nH]c(cc1n2)c(C)c6C(=O)N(NC(=O)c1cc[n+](C)cc1)C5=O)[C@@H](CCC(=O)OC)[C@@H]4C)c(C)c3C(C)=O. The minimum atomic E-state index is -0.767. The predicted octanol–water partition coefficient (Wildman–Crippen LogP) is 6.08. The fraction of sp³-hybridized carbons (Fsp3) is 0.317. The van der Waals surface area contributed by atoms with Gasteiger partial charge in [0.25, 0.3) is 17.7 Å². The van der Waals surface area contributed by atoms with Gasteiger partial charge >= 0.3 is 5.97 Å². The summed E-state index contributed by atoms with van der Waals surface area (Å²) in [4.78, 5) is 85.2. The van der Waals surface area contributed by atoms with Gasteiger partial charge in [0.1, 0.15) is 7.05 Å². The van der Waals surface area contributed by atoms with Crippen molar-refractivity contribution in [3.8, 4) is 0 Å². The number of imide groups is 1. The number of carbonyl (C=O) groups excluding carboxylic acids is 5. The number of esters is 1. The topological polar surface area (TPSA) is 171 Å². The Kier molecular flexibility index (Phi) is 9.12. The molecule has 4 aromatic heterocycles. The summed E-state index contributed by atoms with van der Waals surface area (Å²) in [5, 5.41) is 0.758. The van der Waals surface area contributed by atoms with Gasteiger partial charge in [-0.05, 0) is 81.0 Å². The van der Waals surface area contributed by atoms with E-state index in [9.17, 15) is 24.0 Å². The average molecular weight is 729 g/mol. The Balaban J connectivity index is 1.58. The molecule has 7 rings (SSSR count). The quantitative estimate of drug-likeness (QED) is 0.0890. The van der Waals surface area contributed by atoms with Crippen molar-refractivity contribution in [2.24, 2.45) is 7.05 Å².